The van der Waals surface area contributed by atoms with Gasteiger partial charge in [-0.25, -0.2) is 0 Å². The molecule has 0 bridgehead atoms. The molecule has 2 aliphatic rings. The molecule has 0 heterocycles. The first-order valence-electron chi connectivity index (χ1n) is 10.8. The number of rotatable bonds is 6. The Morgan fingerprint density at radius 2 is 1.59 bits per heavy atom. The average Bonchev–Trinajstić information content (AvgIpc) is 3.58. The maximum absolute atomic E-state index is 12.4. The second-order valence-corrected chi connectivity index (χ2v) is 8.86. The molecule has 0 saturated heterocycles. The van der Waals surface area contributed by atoms with Crippen LogP contribution in [-0.4, -0.2) is 51.7 Å². The number of aliphatic hydroxyl groups is 4. The summed E-state index contributed by atoms with van der Waals surface area (Å²) in [7, 11) is 0. The Bertz CT molecular complexity index is 924. The topological polar surface area (TPSA) is 90.2 Å². The Morgan fingerprint density at radius 3 is 2.19 bits per heavy atom. The molecule has 2 saturated carbocycles. The van der Waals surface area contributed by atoms with E-state index in [1.165, 1.54) is 17.7 Å². The first-order chi connectivity index (χ1) is 15.2. The molecule has 0 aromatic heterocycles. The van der Waals surface area contributed by atoms with Crippen molar-refractivity contribution >= 4 is 0 Å². The molecule has 0 amide bonds. The van der Waals surface area contributed by atoms with E-state index in [0.717, 1.165) is 29.5 Å². The number of aliphatic hydroxyl groups excluding tert-OH is 4. The van der Waals surface area contributed by atoms with Crippen LogP contribution in [0.15, 0.2) is 42.5 Å². The molecule has 0 unspecified atom stereocenters. The lowest BCUT2D eigenvalue weighted by atomic mass is 9.72. The number of hydrogen-bond donors (Lipinski definition) is 4. The third kappa shape index (κ3) is 5.09. The van der Waals surface area contributed by atoms with Crippen LogP contribution in [0.4, 0.5) is 13.2 Å². The van der Waals surface area contributed by atoms with Crippen molar-refractivity contribution in [2.75, 3.05) is 6.61 Å². The SMILES string of the molecule is OC[C@H]1C[C@@H](c2ccc(C3CC3)c(Cc3ccc(OC(F)(F)F)cc3)c2)[C@H](O)[C@@H](O)[C@@H]1O. The fourth-order valence-electron chi connectivity index (χ4n) is 4.67. The molecule has 0 radical (unpaired) electrons. The summed E-state index contributed by atoms with van der Waals surface area (Å²) in [6.07, 6.45) is -5.44. The van der Waals surface area contributed by atoms with Gasteiger partial charge in [0.1, 0.15) is 11.9 Å². The maximum Gasteiger partial charge on any atom is 0.573 e. The first kappa shape index (κ1) is 23.0. The molecule has 32 heavy (non-hydrogen) atoms. The minimum Gasteiger partial charge on any atom is -0.406 e. The predicted octanol–water partition coefficient (Wildman–Crippen LogP) is 3.23. The van der Waals surface area contributed by atoms with Gasteiger partial charge in [0.05, 0.1) is 12.2 Å². The van der Waals surface area contributed by atoms with Crippen LogP contribution in [0.1, 0.15) is 53.4 Å². The zero-order chi connectivity index (χ0) is 23.0. The fraction of sp³-hybridized carbons (Fsp3) is 0.500. The quantitative estimate of drug-likeness (QED) is 0.541. The Hall–Kier alpha value is -2.13. The van der Waals surface area contributed by atoms with E-state index < -0.39 is 36.5 Å². The second kappa shape index (κ2) is 9.02. The van der Waals surface area contributed by atoms with Crippen molar-refractivity contribution in [3.05, 3.63) is 64.7 Å². The van der Waals surface area contributed by atoms with Crippen LogP contribution in [-0.2, 0) is 6.42 Å². The summed E-state index contributed by atoms with van der Waals surface area (Å²) in [5, 5.41) is 40.5. The first-order valence-corrected chi connectivity index (χ1v) is 10.8. The lowest BCUT2D eigenvalue weighted by Gasteiger charge is -2.40. The van der Waals surface area contributed by atoms with Gasteiger partial charge in [-0.15, -0.1) is 13.2 Å². The summed E-state index contributed by atoms with van der Waals surface area (Å²) in [6.45, 7) is -0.291. The summed E-state index contributed by atoms with van der Waals surface area (Å²) in [5.74, 6) is -0.808. The van der Waals surface area contributed by atoms with Gasteiger partial charge < -0.3 is 25.2 Å². The van der Waals surface area contributed by atoms with Gasteiger partial charge in [0.2, 0.25) is 0 Å². The van der Waals surface area contributed by atoms with E-state index in [1.54, 1.807) is 12.1 Å². The van der Waals surface area contributed by atoms with Crippen molar-refractivity contribution in [3.63, 3.8) is 0 Å². The van der Waals surface area contributed by atoms with Gasteiger partial charge in [0, 0.05) is 18.4 Å². The Morgan fingerprint density at radius 1 is 0.906 bits per heavy atom. The molecule has 5 nitrogen and oxygen atoms in total. The van der Waals surface area contributed by atoms with Crippen molar-refractivity contribution in [2.24, 2.45) is 5.92 Å². The molecule has 2 aromatic carbocycles. The molecular formula is C24H27F3O5. The van der Waals surface area contributed by atoms with E-state index in [0.29, 0.717) is 18.8 Å². The van der Waals surface area contributed by atoms with Crippen LogP contribution in [0.2, 0.25) is 0 Å². The predicted molar refractivity (Wildman–Crippen MR) is 110 cm³/mol. The Labute approximate surface area is 184 Å². The standard InChI is InChI=1S/C24H27F3O5/c25-24(26,27)32-18-6-1-13(2-7-18)9-16-10-15(5-8-19(16)14-3-4-14)20-11-17(12-28)21(29)23(31)22(20)30/h1-2,5-8,10,14,17,20-23,28-31H,3-4,9,11-12H2/t17-,20+,21-,22+,23+/m1/s1. The third-order valence-corrected chi connectivity index (χ3v) is 6.55. The molecule has 2 aliphatic carbocycles. The lowest BCUT2D eigenvalue weighted by molar-refractivity contribution is -0.274. The number of halogens is 3. The molecule has 2 fully saturated rings. The minimum absolute atomic E-state index is 0.273. The lowest BCUT2D eigenvalue weighted by Crippen LogP contribution is -2.51. The van der Waals surface area contributed by atoms with E-state index >= 15 is 0 Å². The van der Waals surface area contributed by atoms with Gasteiger partial charge >= 0.3 is 6.36 Å². The average molecular weight is 452 g/mol. The number of ether oxygens (including phenoxy) is 1. The molecule has 5 atom stereocenters. The van der Waals surface area contributed by atoms with Crippen LogP contribution >= 0.6 is 0 Å². The van der Waals surface area contributed by atoms with Gasteiger partial charge in [-0.1, -0.05) is 30.3 Å². The zero-order valence-corrected chi connectivity index (χ0v) is 17.4. The van der Waals surface area contributed by atoms with Gasteiger partial charge in [0.25, 0.3) is 0 Å². The molecule has 2 aromatic rings. The number of alkyl halides is 3. The minimum atomic E-state index is -4.74. The monoisotopic (exact) mass is 452 g/mol. The summed E-state index contributed by atoms with van der Waals surface area (Å²) >= 11 is 0. The van der Waals surface area contributed by atoms with Crippen molar-refractivity contribution < 1.29 is 38.3 Å². The molecule has 4 rings (SSSR count). The van der Waals surface area contributed by atoms with Crippen LogP contribution < -0.4 is 4.74 Å². The number of hydrogen-bond acceptors (Lipinski definition) is 5. The Balaban J connectivity index is 1.59. The normalized spacial score (nSPS) is 28.5. The summed E-state index contributed by atoms with van der Waals surface area (Å²) < 4.78 is 41.1. The van der Waals surface area contributed by atoms with Gasteiger partial charge in [-0.3, -0.25) is 0 Å². The van der Waals surface area contributed by atoms with Crippen molar-refractivity contribution in [1.29, 1.82) is 0 Å². The molecule has 4 N–H and O–H groups in total. The van der Waals surface area contributed by atoms with Gasteiger partial charge in [-0.05, 0) is 66.0 Å². The number of benzene rings is 2. The summed E-state index contributed by atoms with van der Waals surface area (Å²) in [6, 6.07) is 11.7. The summed E-state index contributed by atoms with van der Waals surface area (Å²) in [4.78, 5) is 0. The fourth-order valence-corrected chi connectivity index (χ4v) is 4.67. The smallest absolute Gasteiger partial charge is 0.406 e. The van der Waals surface area contributed by atoms with Crippen molar-refractivity contribution in [2.45, 2.75) is 62.2 Å². The molecular weight excluding hydrogens is 425 g/mol. The van der Waals surface area contributed by atoms with Crippen molar-refractivity contribution in [1.82, 2.24) is 0 Å². The van der Waals surface area contributed by atoms with Crippen LogP contribution in [0.3, 0.4) is 0 Å². The largest absolute Gasteiger partial charge is 0.573 e. The van der Waals surface area contributed by atoms with E-state index in [4.69, 9.17) is 0 Å². The summed E-state index contributed by atoms with van der Waals surface area (Å²) in [5.41, 5.74) is 3.82. The second-order valence-electron chi connectivity index (χ2n) is 8.86. The maximum atomic E-state index is 12.4. The zero-order valence-electron chi connectivity index (χ0n) is 17.4. The Kier molecular flexibility index (Phi) is 6.49. The van der Waals surface area contributed by atoms with Gasteiger partial charge in [0.15, 0.2) is 0 Å². The highest BCUT2D eigenvalue weighted by Crippen LogP contribution is 2.44. The van der Waals surface area contributed by atoms with Crippen LogP contribution in [0, 0.1) is 5.92 Å². The van der Waals surface area contributed by atoms with Crippen LogP contribution in [0.5, 0.6) is 5.75 Å². The van der Waals surface area contributed by atoms with E-state index in [2.05, 4.69) is 4.74 Å². The third-order valence-electron chi connectivity index (χ3n) is 6.55. The molecule has 0 spiro atoms. The van der Waals surface area contributed by atoms with Gasteiger partial charge in [-0.2, -0.15) is 0 Å². The molecule has 8 heteroatoms. The van der Waals surface area contributed by atoms with E-state index in [-0.39, 0.29) is 12.4 Å². The van der Waals surface area contributed by atoms with E-state index in [1.807, 2.05) is 18.2 Å². The highest BCUT2D eigenvalue weighted by Gasteiger charge is 2.43. The van der Waals surface area contributed by atoms with Crippen LogP contribution in [0.25, 0.3) is 0 Å². The highest BCUT2D eigenvalue weighted by molar-refractivity contribution is 5.42. The molecule has 174 valence electrons. The highest BCUT2D eigenvalue weighted by atomic mass is 19.4. The molecule has 0 aliphatic heterocycles. The van der Waals surface area contributed by atoms with Crippen molar-refractivity contribution in [3.8, 4) is 5.75 Å². The van der Waals surface area contributed by atoms with E-state index in [9.17, 15) is 33.6 Å².